The van der Waals surface area contributed by atoms with Crippen molar-refractivity contribution in [3.8, 4) is 0 Å². The van der Waals surface area contributed by atoms with Gasteiger partial charge < -0.3 is 10.0 Å². The third kappa shape index (κ3) is 2.66. The van der Waals surface area contributed by atoms with Gasteiger partial charge in [0.2, 0.25) is 5.91 Å². The molecule has 29 heavy (non-hydrogen) atoms. The van der Waals surface area contributed by atoms with Crippen molar-refractivity contribution in [2.24, 2.45) is 28.6 Å². The number of rotatable bonds is 1. The Labute approximate surface area is 172 Å². The molecule has 1 aromatic heterocycles. The van der Waals surface area contributed by atoms with Gasteiger partial charge in [0, 0.05) is 41.9 Å². The number of carbonyl (C=O) groups excluding carboxylic acids is 1. The number of aliphatic hydroxyl groups is 1. The lowest BCUT2D eigenvalue weighted by Crippen LogP contribution is -2.59. The second kappa shape index (κ2) is 6.49. The van der Waals surface area contributed by atoms with Crippen molar-refractivity contribution in [2.45, 2.75) is 58.1 Å². The van der Waals surface area contributed by atoms with Crippen LogP contribution >= 0.6 is 0 Å². The molecule has 0 bridgehead atoms. The summed E-state index contributed by atoms with van der Waals surface area (Å²) in [7, 11) is 1.96. The molecule has 1 N–H and O–H groups in total. The van der Waals surface area contributed by atoms with Gasteiger partial charge >= 0.3 is 0 Å². The molecule has 0 radical (unpaired) electrons. The molecule has 154 valence electrons. The molecule has 0 spiro atoms. The molecule has 2 heterocycles. The molecular weight excluding hydrogens is 362 g/mol. The molecule has 5 nitrogen and oxygen atoms in total. The zero-order valence-electron chi connectivity index (χ0n) is 17.6. The summed E-state index contributed by atoms with van der Waals surface area (Å²) in [4.78, 5) is 22.4. The third-order valence-electron chi connectivity index (χ3n) is 8.93. The van der Waals surface area contributed by atoms with Gasteiger partial charge in [0.1, 0.15) is 6.33 Å². The van der Waals surface area contributed by atoms with Crippen molar-refractivity contribution in [1.29, 1.82) is 0 Å². The summed E-state index contributed by atoms with van der Waals surface area (Å²) in [5.74, 6) is 1.78. The van der Waals surface area contributed by atoms with Crippen LogP contribution in [0.2, 0.25) is 0 Å². The molecule has 0 unspecified atom stereocenters. The predicted octanol–water partition coefficient (Wildman–Crippen LogP) is 3.47. The minimum Gasteiger partial charge on any atom is -0.388 e. The first-order valence-corrected chi connectivity index (χ1v) is 10.9. The van der Waals surface area contributed by atoms with E-state index in [1.807, 2.05) is 24.3 Å². The second-order valence-electron chi connectivity index (χ2n) is 10.2. The van der Waals surface area contributed by atoms with Crippen LogP contribution in [-0.2, 0) is 4.79 Å². The van der Waals surface area contributed by atoms with Gasteiger partial charge in [-0.25, -0.2) is 9.97 Å². The third-order valence-corrected chi connectivity index (χ3v) is 8.93. The van der Waals surface area contributed by atoms with Crippen LogP contribution < -0.4 is 0 Å². The second-order valence-corrected chi connectivity index (χ2v) is 10.2. The molecule has 3 saturated carbocycles. The van der Waals surface area contributed by atoms with Crippen molar-refractivity contribution in [3.05, 3.63) is 42.0 Å². The van der Waals surface area contributed by atoms with Crippen molar-refractivity contribution in [3.63, 3.8) is 0 Å². The first kappa shape index (κ1) is 19.0. The standard InChI is InChI=1S/C24H31N3O2/c1-23-9-7-21(28)27(3)20(23)5-4-17-18(23)6-8-24(2)19(17)11-16(22(24)29)10-15-12-25-14-26-13-15/h7,9-10,12-14,17-20,22,29H,4-6,8,11H2,1-3H3/t17-,18+,19+,20-,22+,23-,24+/m1/s1. The maximum atomic E-state index is 12.2. The number of likely N-dealkylation sites (N-methyl/N-ethyl adjacent to an activating group) is 1. The highest BCUT2D eigenvalue weighted by molar-refractivity contribution is 5.89. The van der Waals surface area contributed by atoms with Crippen LogP contribution in [0, 0.1) is 28.6 Å². The molecule has 4 aliphatic rings. The fourth-order valence-corrected chi connectivity index (χ4v) is 7.34. The van der Waals surface area contributed by atoms with E-state index in [4.69, 9.17) is 0 Å². The maximum Gasteiger partial charge on any atom is 0.246 e. The van der Waals surface area contributed by atoms with Crippen LogP contribution in [0.4, 0.5) is 0 Å². The Bertz CT molecular complexity index is 881. The molecule has 3 fully saturated rings. The Hall–Kier alpha value is -2.01. The first-order valence-electron chi connectivity index (χ1n) is 10.9. The lowest BCUT2D eigenvalue weighted by Gasteiger charge is -2.59. The zero-order valence-corrected chi connectivity index (χ0v) is 17.6. The summed E-state index contributed by atoms with van der Waals surface area (Å²) in [5, 5.41) is 11.3. The quantitative estimate of drug-likeness (QED) is 0.793. The number of aromatic nitrogens is 2. The maximum absolute atomic E-state index is 12.2. The van der Waals surface area contributed by atoms with E-state index in [1.165, 1.54) is 6.33 Å². The highest BCUT2D eigenvalue weighted by Crippen LogP contribution is 2.64. The number of aliphatic hydroxyl groups excluding tert-OH is 1. The van der Waals surface area contributed by atoms with Gasteiger partial charge in [0.25, 0.3) is 0 Å². The highest BCUT2D eigenvalue weighted by Gasteiger charge is 2.61. The molecule has 7 atom stereocenters. The van der Waals surface area contributed by atoms with Gasteiger partial charge in [0.05, 0.1) is 6.10 Å². The van der Waals surface area contributed by atoms with Gasteiger partial charge in [-0.15, -0.1) is 0 Å². The molecular formula is C24H31N3O2. The molecule has 5 heteroatoms. The monoisotopic (exact) mass is 393 g/mol. The van der Waals surface area contributed by atoms with Gasteiger partial charge in [-0.3, -0.25) is 4.79 Å². The lowest BCUT2D eigenvalue weighted by atomic mass is 9.48. The van der Waals surface area contributed by atoms with Crippen LogP contribution in [0.5, 0.6) is 0 Å². The smallest absolute Gasteiger partial charge is 0.246 e. The van der Waals surface area contributed by atoms with Crippen molar-refractivity contribution >= 4 is 12.0 Å². The largest absolute Gasteiger partial charge is 0.388 e. The number of carbonyl (C=O) groups is 1. The fraction of sp³-hybridized carbons (Fsp3) is 0.625. The van der Waals surface area contributed by atoms with Crippen LogP contribution in [0.25, 0.3) is 6.08 Å². The average molecular weight is 394 g/mol. The SMILES string of the molecule is CN1C(=O)C=C[C@]2(C)[C@H]3CC[C@]4(C)[C@@H](O)C(=Cc5cncnc5)C[C@H]4[C@@H]3CC[C@@H]12. The van der Waals surface area contributed by atoms with E-state index in [0.717, 1.165) is 43.2 Å². The van der Waals surface area contributed by atoms with Gasteiger partial charge in [-0.05, 0) is 61.5 Å². The molecule has 1 aliphatic heterocycles. The van der Waals surface area contributed by atoms with Crippen molar-refractivity contribution in [1.82, 2.24) is 14.9 Å². The van der Waals surface area contributed by atoms with Gasteiger partial charge in [-0.1, -0.05) is 26.0 Å². The number of hydrogen-bond acceptors (Lipinski definition) is 4. The summed E-state index contributed by atoms with van der Waals surface area (Å²) in [6.45, 7) is 4.65. The number of hydrogen-bond donors (Lipinski definition) is 1. The predicted molar refractivity (Wildman–Crippen MR) is 111 cm³/mol. The summed E-state index contributed by atoms with van der Waals surface area (Å²) < 4.78 is 0. The Morgan fingerprint density at radius 2 is 1.93 bits per heavy atom. The minimum absolute atomic E-state index is 0.0393. The number of amides is 1. The zero-order chi connectivity index (χ0) is 20.4. The van der Waals surface area contributed by atoms with Gasteiger partial charge in [0.15, 0.2) is 0 Å². The minimum atomic E-state index is -0.398. The van der Waals surface area contributed by atoms with Crippen molar-refractivity contribution < 1.29 is 9.90 Å². The highest BCUT2D eigenvalue weighted by atomic mass is 16.3. The van der Waals surface area contributed by atoms with E-state index in [-0.39, 0.29) is 16.7 Å². The van der Waals surface area contributed by atoms with Crippen LogP contribution in [0.3, 0.4) is 0 Å². The van der Waals surface area contributed by atoms with Gasteiger partial charge in [-0.2, -0.15) is 0 Å². The summed E-state index contributed by atoms with van der Waals surface area (Å²) in [5.41, 5.74) is 2.07. The fourth-order valence-electron chi connectivity index (χ4n) is 7.34. The van der Waals surface area contributed by atoms with Crippen LogP contribution in [-0.4, -0.2) is 45.1 Å². The van der Waals surface area contributed by atoms with Crippen LogP contribution in [0.1, 0.15) is 51.5 Å². The Balaban J connectivity index is 1.48. The summed E-state index contributed by atoms with van der Waals surface area (Å²) in [6, 6.07) is 0.299. The van der Waals surface area contributed by atoms with E-state index < -0.39 is 6.10 Å². The Morgan fingerprint density at radius 3 is 2.69 bits per heavy atom. The Morgan fingerprint density at radius 1 is 1.17 bits per heavy atom. The van der Waals surface area contributed by atoms with E-state index in [1.54, 1.807) is 6.08 Å². The van der Waals surface area contributed by atoms with E-state index >= 15 is 0 Å². The Kier molecular flexibility index (Phi) is 4.25. The molecule has 0 saturated heterocycles. The first-order chi connectivity index (χ1) is 13.8. The van der Waals surface area contributed by atoms with Crippen molar-refractivity contribution in [2.75, 3.05) is 7.05 Å². The lowest BCUT2D eigenvalue weighted by molar-refractivity contribution is -0.140. The normalized spacial score (nSPS) is 45.1. The van der Waals surface area contributed by atoms with E-state index in [0.29, 0.717) is 23.8 Å². The van der Waals surface area contributed by atoms with E-state index in [9.17, 15) is 9.90 Å². The molecule has 3 aliphatic carbocycles. The number of nitrogens with zero attached hydrogens (tertiary/aromatic N) is 3. The molecule has 1 aromatic rings. The summed E-state index contributed by atoms with van der Waals surface area (Å²) >= 11 is 0. The molecule has 5 rings (SSSR count). The number of fused-ring (bicyclic) bond motifs is 5. The van der Waals surface area contributed by atoms with E-state index in [2.05, 4.69) is 36.0 Å². The topological polar surface area (TPSA) is 66.3 Å². The summed E-state index contributed by atoms with van der Waals surface area (Å²) in [6.07, 6.45) is 16.2. The van der Waals surface area contributed by atoms with Crippen LogP contribution in [0.15, 0.2) is 36.4 Å². The molecule has 1 amide bonds. The molecule has 0 aromatic carbocycles. The average Bonchev–Trinajstić information content (AvgIpc) is 2.97.